The highest BCUT2D eigenvalue weighted by atomic mass is 35.5. The lowest BCUT2D eigenvalue weighted by Crippen LogP contribution is -2.49. The van der Waals surface area contributed by atoms with Gasteiger partial charge in [0.1, 0.15) is 5.75 Å². The summed E-state index contributed by atoms with van der Waals surface area (Å²) < 4.78 is 5.20. The maximum atomic E-state index is 12.2. The second-order valence-electron chi connectivity index (χ2n) is 6.81. The first-order valence-corrected chi connectivity index (χ1v) is 8.50. The minimum Gasteiger partial charge on any atom is -0.497 e. The van der Waals surface area contributed by atoms with Crippen molar-refractivity contribution in [3.05, 3.63) is 29.8 Å². The van der Waals surface area contributed by atoms with Crippen molar-refractivity contribution in [2.45, 2.75) is 50.4 Å². The molecule has 2 bridgehead atoms. The Morgan fingerprint density at radius 1 is 1.33 bits per heavy atom. The molecule has 1 aromatic carbocycles. The summed E-state index contributed by atoms with van der Waals surface area (Å²) in [6.07, 6.45) is 4.90. The third kappa shape index (κ3) is 4.85. The molecule has 2 aliphatic rings. The molecule has 2 heterocycles. The Bertz CT molecular complexity index is 543. The SMILES string of the molecule is COc1cccc(CNC(=O)CN(C)C2CC3CCC(C2)N3)c1.Cl. The zero-order valence-electron chi connectivity index (χ0n) is 14.5. The topological polar surface area (TPSA) is 53.6 Å². The first-order valence-electron chi connectivity index (χ1n) is 8.50. The minimum atomic E-state index is 0. The van der Waals surface area contributed by atoms with Gasteiger partial charge in [0.15, 0.2) is 0 Å². The minimum absolute atomic E-state index is 0. The average Bonchev–Trinajstić information content (AvgIpc) is 2.91. The van der Waals surface area contributed by atoms with E-state index in [2.05, 4.69) is 22.6 Å². The number of ether oxygens (including phenoxy) is 1. The van der Waals surface area contributed by atoms with Crippen LogP contribution in [0.25, 0.3) is 0 Å². The van der Waals surface area contributed by atoms with Crippen LogP contribution in [0.15, 0.2) is 24.3 Å². The van der Waals surface area contributed by atoms with Crippen molar-refractivity contribution in [3.63, 3.8) is 0 Å². The number of nitrogens with one attached hydrogen (secondary N) is 2. The molecule has 2 saturated heterocycles. The van der Waals surface area contributed by atoms with E-state index in [0.29, 0.717) is 31.2 Å². The molecule has 0 aromatic heterocycles. The van der Waals surface area contributed by atoms with Crippen LogP contribution in [0.5, 0.6) is 5.75 Å². The third-order valence-electron chi connectivity index (χ3n) is 5.09. The Balaban J connectivity index is 0.00000208. The van der Waals surface area contributed by atoms with Crippen molar-refractivity contribution in [2.24, 2.45) is 0 Å². The van der Waals surface area contributed by atoms with E-state index >= 15 is 0 Å². The van der Waals surface area contributed by atoms with Gasteiger partial charge in [-0.25, -0.2) is 0 Å². The van der Waals surface area contributed by atoms with Crippen LogP contribution in [0.1, 0.15) is 31.2 Å². The quantitative estimate of drug-likeness (QED) is 0.820. The number of fused-ring (bicyclic) bond motifs is 2. The van der Waals surface area contributed by atoms with Crippen LogP contribution >= 0.6 is 12.4 Å². The lowest BCUT2D eigenvalue weighted by Gasteiger charge is -2.35. The molecule has 5 nitrogen and oxygen atoms in total. The van der Waals surface area contributed by atoms with Gasteiger partial charge in [-0.15, -0.1) is 12.4 Å². The van der Waals surface area contributed by atoms with Gasteiger partial charge in [0.2, 0.25) is 5.91 Å². The Morgan fingerprint density at radius 2 is 2.04 bits per heavy atom. The van der Waals surface area contributed by atoms with E-state index in [1.807, 2.05) is 24.3 Å². The molecule has 0 aliphatic carbocycles. The monoisotopic (exact) mass is 353 g/mol. The molecule has 2 atom stereocenters. The van der Waals surface area contributed by atoms with Crippen LogP contribution in [-0.2, 0) is 11.3 Å². The highest BCUT2D eigenvalue weighted by Crippen LogP contribution is 2.29. The maximum Gasteiger partial charge on any atom is 0.234 e. The number of amides is 1. The molecule has 2 fully saturated rings. The van der Waals surface area contributed by atoms with E-state index in [9.17, 15) is 4.79 Å². The standard InChI is InChI=1S/C18H27N3O2.ClH/c1-21(16-9-14-6-7-15(10-16)20-14)12-18(22)19-11-13-4-3-5-17(8-13)23-2;/h3-5,8,14-16,20H,6-7,9-12H2,1-2H3,(H,19,22);1H. The number of nitrogens with zero attached hydrogens (tertiary/aromatic N) is 1. The van der Waals surface area contributed by atoms with E-state index in [0.717, 1.165) is 24.2 Å². The lowest BCUT2D eigenvalue weighted by molar-refractivity contribution is -0.122. The number of benzene rings is 1. The Labute approximate surface area is 150 Å². The summed E-state index contributed by atoms with van der Waals surface area (Å²) in [7, 11) is 3.72. The van der Waals surface area contributed by atoms with Gasteiger partial charge in [-0.3, -0.25) is 9.69 Å². The zero-order chi connectivity index (χ0) is 16.2. The van der Waals surface area contributed by atoms with Crippen LogP contribution < -0.4 is 15.4 Å². The zero-order valence-corrected chi connectivity index (χ0v) is 15.3. The van der Waals surface area contributed by atoms with Crippen molar-refractivity contribution in [3.8, 4) is 5.75 Å². The van der Waals surface area contributed by atoms with E-state index < -0.39 is 0 Å². The fourth-order valence-corrected chi connectivity index (χ4v) is 3.78. The van der Waals surface area contributed by atoms with Crippen LogP contribution in [-0.4, -0.2) is 49.6 Å². The summed E-state index contributed by atoms with van der Waals surface area (Å²) >= 11 is 0. The summed E-state index contributed by atoms with van der Waals surface area (Å²) in [6.45, 7) is 1.01. The lowest BCUT2D eigenvalue weighted by atomic mass is 9.98. The van der Waals surface area contributed by atoms with Crippen LogP contribution in [0, 0.1) is 0 Å². The number of likely N-dealkylation sites (N-methyl/N-ethyl adjacent to an activating group) is 1. The van der Waals surface area contributed by atoms with Crippen LogP contribution in [0.4, 0.5) is 0 Å². The number of hydrogen-bond acceptors (Lipinski definition) is 4. The van der Waals surface area contributed by atoms with Gasteiger partial charge < -0.3 is 15.4 Å². The molecular formula is C18H28ClN3O2. The molecule has 2 unspecified atom stereocenters. The molecule has 6 heteroatoms. The summed E-state index contributed by atoms with van der Waals surface area (Å²) in [5.74, 6) is 0.903. The molecule has 134 valence electrons. The van der Waals surface area contributed by atoms with Gasteiger partial charge in [-0.05, 0) is 50.4 Å². The second-order valence-corrected chi connectivity index (χ2v) is 6.81. The Morgan fingerprint density at radius 3 is 2.71 bits per heavy atom. The predicted molar refractivity (Wildman–Crippen MR) is 97.7 cm³/mol. The predicted octanol–water partition coefficient (Wildman–Crippen LogP) is 1.95. The smallest absolute Gasteiger partial charge is 0.234 e. The summed E-state index contributed by atoms with van der Waals surface area (Å²) in [5.41, 5.74) is 1.06. The number of methoxy groups -OCH3 is 1. The van der Waals surface area contributed by atoms with Crippen molar-refractivity contribution in [1.29, 1.82) is 0 Å². The third-order valence-corrected chi connectivity index (χ3v) is 5.09. The Hall–Kier alpha value is -1.30. The summed E-state index contributed by atoms with van der Waals surface area (Å²) in [6, 6.07) is 9.63. The van der Waals surface area contributed by atoms with Gasteiger partial charge in [0.05, 0.1) is 13.7 Å². The highest BCUT2D eigenvalue weighted by Gasteiger charge is 2.35. The molecule has 1 aromatic rings. The maximum absolute atomic E-state index is 12.2. The molecule has 0 saturated carbocycles. The summed E-state index contributed by atoms with van der Waals surface area (Å²) in [5, 5.41) is 6.65. The molecule has 2 N–H and O–H groups in total. The highest BCUT2D eigenvalue weighted by molar-refractivity contribution is 5.85. The normalized spacial score (nSPS) is 25.2. The number of halogens is 1. The molecule has 3 rings (SSSR count). The number of rotatable bonds is 6. The van der Waals surface area contributed by atoms with Crippen molar-refractivity contribution < 1.29 is 9.53 Å². The van der Waals surface area contributed by atoms with Gasteiger partial charge in [0, 0.05) is 24.7 Å². The van der Waals surface area contributed by atoms with Gasteiger partial charge in [-0.2, -0.15) is 0 Å². The first kappa shape index (κ1) is 19.0. The summed E-state index contributed by atoms with van der Waals surface area (Å²) in [4.78, 5) is 14.4. The first-order chi connectivity index (χ1) is 11.1. The number of carbonyl (C=O) groups excluding carboxylic acids is 1. The van der Waals surface area contributed by atoms with E-state index in [1.54, 1.807) is 7.11 Å². The van der Waals surface area contributed by atoms with Crippen LogP contribution in [0.3, 0.4) is 0 Å². The van der Waals surface area contributed by atoms with Gasteiger partial charge in [-0.1, -0.05) is 12.1 Å². The van der Waals surface area contributed by atoms with Crippen molar-refractivity contribution in [2.75, 3.05) is 20.7 Å². The van der Waals surface area contributed by atoms with Crippen molar-refractivity contribution in [1.82, 2.24) is 15.5 Å². The van der Waals surface area contributed by atoms with E-state index in [-0.39, 0.29) is 18.3 Å². The van der Waals surface area contributed by atoms with Gasteiger partial charge in [0.25, 0.3) is 0 Å². The molecule has 2 aliphatic heterocycles. The largest absolute Gasteiger partial charge is 0.497 e. The molecule has 0 radical (unpaired) electrons. The molecular weight excluding hydrogens is 326 g/mol. The van der Waals surface area contributed by atoms with E-state index in [1.165, 1.54) is 12.8 Å². The Kier molecular flexibility index (Phi) is 6.90. The second kappa shape index (κ2) is 8.70. The number of piperidine rings is 1. The number of carbonyl (C=O) groups is 1. The fraction of sp³-hybridized carbons (Fsp3) is 0.611. The average molecular weight is 354 g/mol. The van der Waals surface area contributed by atoms with Gasteiger partial charge >= 0.3 is 0 Å². The molecule has 24 heavy (non-hydrogen) atoms. The van der Waals surface area contributed by atoms with E-state index in [4.69, 9.17) is 4.74 Å². The van der Waals surface area contributed by atoms with Crippen LogP contribution in [0.2, 0.25) is 0 Å². The molecule has 0 spiro atoms. The number of hydrogen-bond donors (Lipinski definition) is 2. The molecule has 1 amide bonds. The fourth-order valence-electron chi connectivity index (χ4n) is 3.78. The van der Waals surface area contributed by atoms with Crippen molar-refractivity contribution >= 4 is 18.3 Å².